The lowest BCUT2D eigenvalue weighted by Crippen LogP contribution is -2.19. The average Bonchev–Trinajstić information content (AvgIpc) is 2.94. The predicted molar refractivity (Wildman–Crippen MR) is 84.4 cm³/mol. The monoisotopic (exact) mass is 331 g/mol. The van der Waals surface area contributed by atoms with Crippen molar-refractivity contribution in [3.05, 3.63) is 58.3 Å². The summed E-state index contributed by atoms with van der Waals surface area (Å²) < 4.78 is 4.45. The second-order valence-electron chi connectivity index (χ2n) is 4.47. The van der Waals surface area contributed by atoms with E-state index >= 15 is 0 Å². The van der Waals surface area contributed by atoms with E-state index in [1.54, 1.807) is 30.3 Å². The molecule has 2 heterocycles. The van der Waals surface area contributed by atoms with Crippen molar-refractivity contribution >= 4 is 29.0 Å². The van der Waals surface area contributed by atoms with Crippen LogP contribution in [-0.2, 0) is 0 Å². The van der Waals surface area contributed by atoms with Gasteiger partial charge < -0.3 is 10.6 Å². The van der Waals surface area contributed by atoms with Gasteiger partial charge in [-0.05, 0) is 24.3 Å². The van der Waals surface area contributed by atoms with Crippen LogP contribution in [-0.4, -0.2) is 21.2 Å². The predicted octanol–water partition coefficient (Wildman–Crippen LogP) is 2.72. The molecule has 0 bridgehead atoms. The highest BCUT2D eigenvalue weighted by molar-refractivity contribution is 6.29. The van der Waals surface area contributed by atoms with E-state index in [9.17, 15) is 9.59 Å². The topological polar surface area (TPSA) is 113 Å². The average molecular weight is 332 g/mol. The van der Waals surface area contributed by atoms with Crippen molar-refractivity contribution in [2.75, 3.05) is 10.6 Å². The molecule has 9 heteroatoms. The van der Waals surface area contributed by atoms with Gasteiger partial charge in [-0.25, -0.2) is 14.6 Å². The fourth-order valence-corrected chi connectivity index (χ4v) is 2.05. The molecule has 2 amide bonds. The van der Waals surface area contributed by atoms with Crippen LogP contribution < -0.4 is 16.4 Å². The number of aromatic amines is 1. The number of aromatic nitrogens is 3. The summed E-state index contributed by atoms with van der Waals surface area (Å²) >= 11 is 5.75. The Balaban J connectivity index is 1.72. The van der Waals surface area contributed by atoms with E-state index in [4.69, 9.17) is 11.6 Å². The molecule has 0 saturated carbocycles. The second-order valence-corrected chi connectivity index (χ2v) is 4.86. The molecule has 3 rings (SSSR count). The van der Waals surface area contributed by atoms with Crippen molar-refractivity contribution in [3.8, 4) is 11.4 Å². The number of rotatable bonds is 3. The van der Waals surface area contributed by atoms with E-state index in [0.717, 1.165) is 0 Å². The lowest BCUT2D eigenvalue weighted by atomic mass is 10.2. The van der Waals surface area contributed by atoms with Crippen LogP contribution in [0.2, 0.25) is 5.15 Å². The number of nitrogens with zero attached hydrogens (tertiary/aromatic N) is 2. The first kappa shape index (κ1) is 14.8. The van der Waals surface area contributed by atoms with Crippen LogP contribution in [0.1, 0.15) is 0 Å². The Hall–Kier alpha value is -3.13. The lowest BCUT2D eigenvalue weighted by Gasteiger charge is -2.08. The summed E-state index contributed by atoms with van der Waals surface area (Å²) in [5.74, 6) is -0.370. The fraction of sp³-hybridized carbons (Fsp3) is 0. The Kier molecular flexibility index (Phi) is 4.07. The minimum Gasteiger partial charge on any atom is -0.308 e. The van der Waals surface area contributed by atoms with Crippen molar-refractivity contribution in [2.24, 2.45) is 0 Å². The fourth-order valence-electron chi connectivity index (χ4n) is 1.87. The number of benzene rings is 1. The van der Waals surface area contributed by atoms with Crippen molar-refractivity contribution in [2.45, 2.75) is 0 Å². The Labute approximate surface area is 134 Å². The summed E-state index contributed by atoms with van der Waals surface area (Å²) in [5, 5.41) is 9.16. The van der Waals surface area contributed by atoms with Crippen LogP contribution in [0, 0.1) is 0 Å². The van der Waals surface area contributed by atoms with Crippen molar-refractivity contribution in [3.63, 3.8) is 0 Å². The molecule has 0 aliphatic rings. The second kappa shape index (κ2) is 6.32. The minimum absolute atomic E-state index is 0.278. The number of amides is 2. The zero-order valence-electron chi connectivity index (χ0n) is 11.5. The van der Waals surface area contributed by atoms with Gasteiger partial charge >= 0.3 is 11.8 Å². The molecule has 3 aromatic rings. The molecule has 0 spiro atoms. The highest BCUT2D eigenvalue weighted by Gasteiger charge is 2.07. The molecule has 0 fully saturated rings. The quantitative estimate of drug-likeness (QED) is 0.639. The normalized spacial score (nSPS) is 10.3. The Morgan fingerprint density at radius 1 is 1.17 bits per heavy atom. The van der Waals surface area contributed by atoms with Crippen molar-refractivity contribution < 1.29 is 9.32 Å². The number of carbonyl (C=O) groups is 1. The van der Waals surface area contributed by atoms with Crippen molar-refractivity contribution in [1.29, 1.82) is 0 Å². The van der Waals surface area contributed by atoms with Gasteiger partial charge in [0.05, 0.1) is 0 Å². The maximum absolute atomic E-state index is 12.0. The summed E-state index contributed by atoms with van der Waals surface area (Å²) in [7, 11) is 0. The standard InChI is InChI=1S/C14H10ClN5O3/c15-11-7-10(4-5-16-11)18-13(21)17-9-3-1-2-8(6-9)12-19-14(22)23-20-12/h1-7H,(H,19,20,22)(H2,16,17,18,21). The van der Waals surface area contributed by atoms with Crippen LogP contribution in [0.5, 0.6) is 0 Å². The first-order valence-corrected chi connectivity index (χ1v) is 6.84. The van der Waals surface area contributed by atoms with E-state index in [-0.39, 0.29) is 11.0 Å². The number of nitrogens with one attached hydrogen (secondary N) is 3. The number of hydrogen-bond donors (Lipinski definition) is 3. The SMILES string of the molecule is O=C(Nc1cccc(-c2noc(=O)[nH]2)c1)Nc1ccnc(Cl)c1. The van der Waals surface area contributed by atoms with E-state index < -0.39 is 11.8 Å². The smallest absolute Gasteiger partial charge is 0.308 e. The number of hydrogen-bond acceptors (Lipinski definition) is 5. The maximum Gasteiger partial charge on any atom is 0.439 e. The van der Waals surface area contributed by atoms with Gasteiger partial charge in [0.25, 0.3) is 0 Å². The Bertz CT molecular complexity index is 905. The van der Waals surface area contributed by atoms with Crippen molar-refractivity contribution in [1.82, 2.24) is 15.1 Å². The number of anilines is 2. The molecule has 23 heavy (non-hydrogen) atoms. The van der Waals surface area contributed by atoms with E-state index in [2.05, 4.69) is 30.3 Å². The van der Waals surface area contributed by atoms with Crippen LogP contribution in [0.4, 0.5) is 16.2 Å². The van der Waals surface area contributed by atoms with Gasteiger partial charge in [-0.15, -0.1) is 0 Å². The molecule has 116 valence electrons. The highest BCUT2D eigenvalue weighted by atomic mass is 35.5. The highest BCUT2D eigenvalue weighted by Crippen LogP contribution is 2.19. The molecule has 0 unspecified atom stereocenters. The molecular formula is C14H10ClN5O3. The number of carbonyl (C=O) groups excluding carboxylic acids is 1. The van der Waals surface area contributed by atoms with Gasteiger partial charge in [-0.3, -0.25) is 9.51 Å². The third-order valence-corrected chi connectivity index (χ3v) is 3.03. The zero-order chi connectivity index (χ0) is 16.2. The molecule has 2 aromatic heterocycles. The molecule has 0 aliphatic carbocycles. The van der Waals surface area contributed by atoms with Gasteiger partial charge in [0.1, 0.15) is 5.15 Å². The summed E-state index contributed by atoms with van der Waals surface area (Å²) in [5.41, 5.74) is 1.63. The van der Waals surface area contributed by atoms with Crippen LogP contribution in [0.3, 0.4) is 0 Å². The summed E-state index contributed by atoms with van der Waals surface area (Å²) in [4.78, 5) is 29.2. The van der Waals surface area contributed by atoms with Gasteiger partial charge in [0.2, 0.25) is 0 Å². The molecule has 1 aromatic carbocycles. The largest absolute Gasteiger partial charge is 0.439 e. The number of H-pyrrole nitrogens is 1. The zero-order valence-corrected chi connectivity index (χ0v) is 12.3. The molecule has 0 aliphatic heterocycles. The van der Waals surface area contributed by atoms with Crippen LogP contribution >= 0.6 is 11.6 Å². The summed E-state index contributed by atoms with van der Waals surface area (Å²) in [6, 6.07) is 9.46. The van der Waals surface area contributed by atoms with Gasteiger partial charge in [0.15, 0.2) is 5.82 Å². The van der Waals surface area contributed by atoms with Crippen LogP contribution in [0.15, 0.2) is 51.9 Å². The number of halogens is 1. The van der Waals surface area contributed by atoms with Gasteiger partial charge in [-0.1, -0.05) is 28.9 Å². The van der Waals surface area contributed by atoms with E-state index in [1.165, 1.54) is 12.3 Å². The first-order chi connectivity index (χ1) is 11.1. The molecular weight excluding hydrogens is 322 g/mol. The number of urea groups is 1. The molecule has 0 atom stereocenters. The first-order valence-electron chi connectivity index (χ1n) is 6.46. The third-order valence-electron chi connectivity index (χ3n) is 2.82. The van der Waals surface area contributed by atoms with E-state index in [1.807, 2.05) is 0 Å². The molecule has 8 nitrogen and oxygen atoms in total. The molecule has 3 N–H and O–H groups in total. The lowest BCUT2D eigenvalue weighted by molar-refractivity contribution is 0.262. The Morgan fingerprint density at radius 2 is 1.96 bits per heavy atom. The maximum atomic E-state index is 12.0. The van der Waals surface area contributed by atoms with E-state index in [0.29, 0.717) is 16.9 Å². The summed E-state index contributed by atoms with van der Waals surface area (Å²) in [6.07, 6.45) is 1.49. The van der Waals surface area contributed by atoms with Gasteiger partial charge in [-0.2, -0.15) is 0 Å². The molecule has 0 saturated heterocycles. The van der Waals surface area contributed by atoms with Crippen LogP contribution in [0.25, 0.3) is 11.4 Å². The minimum atomic E-state index is -0.648. The molecule has 0 radical (unpaired) electrons. The Morgan fingerprint density at radius 3 is 2.65 bits per heavy atom. The van der Waals surface area contributed by atoms with Gasteiger partial charge in [0, 0.05) is 23.1 Å². The third kappa shape index (κ3) is 3.74. The number of pyridine rings is 1. The summed E-state index contributed by atoms with van der Waals surface area (Å²) in [6.45, 7) is 0.